The van der Waals surface area contributed by atoms with Gasteiger partial charge in [-0.2, -0.15) is 0 Å². The molecule has 6 aliphatic carbocycles. The van der Waals surface area contributed by atoms with Crippen LogP contribution in [0.3, 0.4) is 0 Å². The quantitative estimate of drug-likeness (QED) is 0.110. The second-order valence-corrected chi connectivity index (χ2v) is 19.4. The van der Waals surface area contributed by atoms with Crippen molar-refractivity contribution < 1.29 is 19.8 Å². The predicted octanol–water partition coefficient (Wildman–Crippen LogP) is 10.2. The van der Waals surface area contributed by atoms with Crippen LogP contribution in [0.1, 0.15) is 92.6 Å². The average molecular weight is 781 g/mol. The van der Waals surface area contributed by atoms with Crippen molar-refractivity contribution in [3.63, 3.8) is 0 Å². The molecule has 4 aromatic rings. The number of allylic oxidation sites excluding steroid dienone is 4. The van der Waals surface area contributed by atoms with Crippen molar-refractivity contribution in [1.82, 2.24) is 10.2 Å². The molecule has 9 atom stereocenters. The molecule has 2 bridgehead atoms. The fraction of sp³-hybridized carbons (Fsp3) is 0.440. The number of carbonyl (C=O) groups excluding carboxylic acids is 2. The Balaban J connectivity index is 1.10. The first-order valence-electron chi connectivity index (χ1n) is 21.1. The highest BCUT2D eigenvalue weighted by Crippen LogP contribution is 2.78. The van der Waals surface area contributed by atoms with E-state index in [4.69, 9.17) is 0 Å². The molecule has 1 aromatic heterocycles. The molecule has 2 amide bonds. The zero-order chi connectivity index (χ0) is 39.6. The molecular weight excluding hydrogens is 725 g/mol. The van der Waals surface area contributed by atoms with Crippen molar-refractivity contribution in [2.75, 3.05) is 13.1 Å². The number of thiophene rings is 1. The maximum atomic E-state index is 15.5. The van der Waals surface area contributed by atoms with Gasteiger partial charge in [0.1, 0.15) is 0 Å². The van der Waals surface area contributed by atoms with Gasteiger partial charge in [-0.15, -0.1) is 11.3 Å². The molecule has 1 heterocycles. The molecule has 3 saturated carbocycles. The molecule has 0 aliphatic heterocycles. The van der Waals surface area contributed by atoms with Gasteiger partial charge in [0.25, 0.3) is 0 Å². The van der Waals surface area contributed by atoms with Crippen molar-refractivity contribution in [2.24, 2.45) is 33.5 Å². The summed E-state index contributed by atoms with van der Waals surface area (Å²) in [6.45, 7) is 7.41. The molecule has 2 spiro atoms. The Kier molecular flexibility index (Phi) is 9.53. The molecular formula is C50H56N2O4S. The number of ketones is 1. The zero-order valence-corrected chi connectivity index (χ0v) is 34.3. The van der Waals surface area contributed by atoms with Crippen molar-refractivity contribution in [1.29, 1.82) is 0 Å². The number of Topliss-reactive ketones (excluding diaryl/α,β-unsaturated/α-hetero) is 1. The maximum Gasteiger partial charge on any atom is 0.317 e. The summed E-state index contributed by atoms with van der Waals surface area (Å²) in [7, 11) is 0. The Morgan fingerprint density at radius 1 is 0.842 bits per heavy atom. The number of urea groups is 1. The van der Waals surface area contributed by atoms with Crippen molar-refractivity contribution in [3.8, 4) is 11.1 Å². The lowest BCUT2D eigenvalue weighted by Crippen LogP contribution is -2.67. The minimum absolute atomic E-state index is 0.0171. The van der Waals surface area contributed by atoms with Crippen LogP contribution in [0, 0.1) is 33.5 Å². The van der Waals surface area contributed by atoms with Gasteiger partial charge >= 0.3 is 6.03 Å². The fourth-order valence-corrected chi connectivity index (χ4v) is 13.4. The van der Waals surface area contributed by atoms with Gasteiger partial charge in [0.05, 0.1) is 24.3 Å². The molecule has 7 heteroatoms. The van der Waals surface area contributed by atoms with Gasteiger partial charge in [0.15, 0.2) is 5.78 Å². The fourth-order valence-electron chi connectivity index (χ4n) is 12.7. The van der Waals surface area contributed by atoms with Crippen LogP contribution < -0.4 is 5.32 Å². The van der Waals surface area contributed by atoms with Gasteiger partial charge in [-0.1, -0.05) is 123 Å². The van der Waals surface area contributed by atoms with Crippen LogP contribution in [-0.4, -0.2) is 51.7 Å². The van der Waals surface area contributed by atoms with Gasteiger partial charge in [-0.05, 0) is 104 Å². The van der Waals surface area contributed by atoms with Crippen molar-refractivity contribution in [3.05, 3.63) is 142 Å². The lowest BCUT2D eigenvalue weighted by molar-refractivity contribution is -0.174. The number of hydrogen-bond donors (Lipinski definition) is 3. The molecule has 1 unspecified atom stereocenters. The molecule has 3 N–H and O–H groups in total. The van der Waals surface area contributed by atoms with E-state index in [-0.39, 0.29) is 41.7 Å². The van der Waals surface area contributed by atoms with Gasteiger partial charge in [-0.25, -0.2) is 4.79 Å². The Morgan fingerprint density at radius 2 is 1.53 bits per heavy atom. The molecule has 3 aromatic carbocycles. The Hall–Kier alpha value is -4.30. The van der Waals surface area contributed by atoms with Crippen LogP contribution in [0.15, 0.2) is 126 Å². The van der Waals surface area contributed by atoms with E-state index >= 15 is 4.79 Å². The van der Waals surface area contributed by atoms with Crippen molar-refractivity contribution in [2.45, 2.75) is 89.9 Å². The first-order chi connectivity index (χ1) is 27.4. The van der Waals surface area contributed by atoms with Gasteiger partial charge in [0, 0.05) is 38.8 Å². The number of hydrogen-bond acceptors (Lipinski definition) is 5. The largest absolute Gasteiger partial charge is 0.393 e. The molecule has 6 nitrogen and oxygen atoms in total. The summed E-state index contributed by atoms with van der Waals surface area (Å²) in [5, 5.41) is 29.8. The van der Waals surface area contributed by atoms with E-state index < -0.39 is 27.9 Å². The molecule has 3 fully saturated rings. The van der Waals surface area contributed by atoms with Crippen LogP contribution in [0.25, 0.3) is 11.1 Å². The minimum atomic E-state index is -1.17. The van der Waals surface area contributed by atoms with Gasteiger partial charge < -0.3 is 20.4 Å². The van der Waals surface area contributed by atoms with E-state index in [0.717, 1.165) is 54.4 Å². The third kappa shape index (κ3) is 5.93. The predicted molar refractivity (Wildman–Crippen MR) is 228 cm³/mol. The Labute approximate surface area is 341 Å². The molecule has 57 heavy (non-hydrogen) atoms. The molecule has 6 aliphatic rings. The number of amides is 2. The van der Waals surface area contributed by atoms with Crippen LogP contribution in [-0.2, 0) is 6.42 Å². The maximum absolute atomic E-state index is 15.5. The number of nitrogens with zero attached hydrogens (tertiary/aromatic N) is 1. The van der Waals surface area contributed by atoms with E-state index in [2.05, 4.69) is 67.0 Å². The topological polar surface area (TPSA) is 89.9 Å². The number of nitrogens with one attached hydrogen (secondary N) is 1. The lowest BCUT2D eigenvalue weighted by atomic mass is 9.32. The molecule has 0 radical (unpaired) electrons. The number of rotatable bonds is 10. The summed E-state index contributed by atoms with van der Waals surface area (Å²) in [4.78, 5) is 32.9. The Morgan fingerprint density at radius 3 is 2.28 bits per heavy atom. The SMILES string of the molecule is C[C@@H](NC(=O)N(CCc1cccs1)C[C@]1(O)CC[C@H]2[C@]34C=C[C@@]5(C=C3C(=O)c3ccccc3-c3ccccc3)CC(O)CC[C@]5(C)[C@H]4CC[C@@]21C)c1ccccc1. The van der Waals surface area contributed by atoms with Crippen LogP contribution in [0.5, 0.6) is 0 Å². The summed E-state index contributed by atoms with van der Waals surface area (Å²) in [6.07, 6.45) is 12.6. The third-order valence-electron chi connectivity index (χ3n) is 15.8. The standard InChI is InChI=1S/C50H56N2O4S/c1-34(35-13-6-4-7-14-35)51-45(55)52(29-23-38-17-12-30-57-38)33-49(56)26-22-43-47(49,3)25-21-42-46(2)24-20-37(53)31-48(46)27-28-50(42,43)41(32-48)44(54)40-19-11-10-18-39(40)36-15-8-5-9-16-36/h4-19,27-28,30,32,34,37,42-43,53,56H,20-26,29,31,33H2,1-3H3,(H,51,55)/t34-,37?,42-,43-,46-,47+,48+,49-,50-/m1/s1. The highest BCUT2D eigenvalue weighted by molar-refractivity contribution is 7.09. The van der Waals surface area contributed by atoms with E-state index in [9.17, 15) is 15.0 Å². The molecule has 296 valence electrons. The number of aliphatic hydroxyl groups is 2. The highest BCUT2D eigenvalue weighted by Gasteiger charge is 2.74. The highest BCUT2D eigenvalue weighted by atomic mass is 32.1. The van der Waals surface area contributed by atoms with Crippen LogP contribution >= 0.6 is 11.3 Å². The first kappa shape index (κ1) is 38.2. The molecule has 10 rings (SSSR count). The summed E-state index contributed by atoms with van der Waals surface area (Å²) < 4.78 is 0. The van der Waals surface area contributed by atoms with E-state index in [1.54, 1.807) is 11.3 Å². The van der Waals surface area contributed by atoms with Gasteiger partial charge in [0.2, 0.25) is 0 Å². The third-order valence-corrected chi connectivity index (χ3v) is 16.7. The first-order valence-corrected chi connectivity index (χ1v) is 22.0. The van der Waals surface area contributed by atoms with Crippen molar-refractivity contribution >= 4 is 23.2 Å². The summed E-state index contributed by atoms with van der Waals surface area (Å²) in [5.74, 6) is 0.217. The van der Waals surface area contributed by atoms with E-state index in [1.165, 1.54) is 4.88 Å². The number of benzene rings is 3. The van der Waals surface area contributed by atoms with Gasteiger partial charge in [-0.3, -0.25) is 4.79 Å². The zero-order valence-electron chi connectivity index (χ0n) is 33.5. The van der Waals surface area contributed by atoms with Crippen LogP contribution in [0.4, 0.5) is 4.79 Å². The van der Waals surface area contributed by atoms with E-state index in [1.807, 2.05) is 84.6 Å². The number of aliphatic hydroxyl groups excluding tert-OH is 1. The minimum Gasteiger partial charge on any atom is -0.393 e. The smallest absolute Gasteiger partial charge is 0.317 e. The Bertz CT molecular complexity index is 2200. The summed E-state index contributed by atoms with van der Waals surface area (Å²) in [5.41, 5.74) is 1.62. The summed E-state index contributed by atoms with van der Waals surface area (Å²) in [6, 6.07) is 32.0. The van der Waals surface area contributed by atoms with E-state index in [0.29, 0.717) is 31.4 Å². The summed E-state index contributed by atoms with van der Waals surface area (Å²) >= 11 is 1.69. The lowest BCUT2D eigenvalue weighted by Gasteiger charge is -2.71. The second-order valence-electron chi connectivity index (χ2n) is 18.4. The normalized spacial score (nSPS) is 34.1. The number of fused-ring (bicyclic) bond motifs is 1. The number of carbonyl (C=O) groups is 2. The molecule has 0 saturated heterocycles. The monoisotopic (exact) mass is 780 g/mol. The van der Waals surface area contributed by atoms with Crippen LogP contribution in [0.2, 0.25) is 0 Å². The average Bonchev–Trinajstić information content (AvgIpc) is 3.85. The second kappa shape index (κ2) is 14.2.